The van der Waals surface area contributed by atoms with Crippen molar-refractivity contribution in [3.63, 3.8) is 0 Å². The second-order valence-electron chi connectivity index (χ2n) is 5.84. The fraction of sp³-hybridized carbons (Fsp3) is 0.211. The molecule has 128 valence electrons. The monoisotopic (exact) mass is 336 g/mol. The predicted molar refractivity (Wildman–Crippen MR) is 97.5 cm³/mol. The van der Waals surface area contributed by atoms with E-state index in [1.165, 1.54) is 5.56 Å². The molecule has 0 aliphatic heterocycles. The molecule has 4 N–H and O–H groups in total. The molecule has 0 spiro atoms. The molecular formula is C19H20N4O2. The lowest BCUT2D eigenvalue weighted by Crippen LogP contribution is -2.17. The Kier molecular flexibility index (Phi) is 4.79. The Morgan fingerprint density at radius 1 is 1.12 bits per heavy atom. The molecule has 1 heterocycles. The van der Waals surface area contributed by atoms with E-state index >= 15 is 0 Å². The van der Waals surface area contributed by atoms with Gasteiger partial charge >= 0.3 is 0 Å². The molecule has 0 bridgehead atoms. The fourth-order valence-corrected chi connectivity index (χ4v) is 2.90. The van der Waals surface area contributed by atoms with Crippen LogP contribution >= 0.6 is 0 Å². The van der Waals surface area contributed by atoms with E-state index in [1.54, 1.807) is 7.11 Å². The number of hydrogen-bond acceptors (Lipinski definition) is 5. The number of nitrogens with zero attached hydrogens (tertiary/aromatic N) is 2. The van der Waals surface area contributed by atoms with Crippen LogP contribution < -0.4 is 16.2 Å². The Morgan fingerprint density at radius 2 is 1.92 bits per heavy atom. The number of carbonyl (C=O) groups excluding carboxylic acids is 1. The summed E-state index contributed by atoms with van der Waals surface area (Å²) >= 11 is 0. The third kappa shape index (κ3) is 3.52. The first-order chi connectivity index (χ1) is 12.1. The number of amides is 1. The Bertz CT molecular complexity index is 924. The van der Waals surface area contributed by atoms with Gasteiger partial charge < -0.3 is 16.2 Å². The minimum absolute atomic E-state index is 0.0148. The van der Waals surface area contributed by atoms with Crippen molar-refractivity contribution in [3.05, 3.63) is 59.3 Å². The predicted octanol–water partition coefficient (Wildman–Crippen LogP) is 2.49. The molecule has 25 heavy (non-hydrogen) atoms. The van der Waals surface area contributed by atoms with Gasteiger partial charge in [-0.2, -0.15) is 0 Å². The van der Waals surface area contributed by atoms with Crippen molar-refractivity contribution in [2.24, 2.45) is 5.73 Å². The van der Waals surface area contributed by atoms with Crippen LogP contribution in [0.1, 0.15) is 28.0 Å². The number of rotatable bonds is 6. The number of nitrogens with two attached hydrogens (primary N) is 2. The number of aromatic nitrogens is 2. The molecule has 1 aromatic heterocycles. The number of ether oxygens (including phenoxy) is 1. The second-order valence-corrected chi connectivity index (χ2v) is 5.84. The van der Waals surface area contributed by atoms with Crippen molar-refractivity contribution in [3.8, 4) is 5.75 Å². The number of carbonyl (C=O) groups is 1. The smallest absolute Gasteiger partial charge is 0.271 e. The van der Waals surface area contributed by atoms with Crippen molar-refractivity contribution in [2.75, 3.05) is 12.8 Å². The van der Waals surface area contributed by atoms with Crippen LogP contribution in [0.25, 0.3) is 10.9 Å². The summed E-state index contributed by atoms with van der Waals surface area (Å²) in [6.45, 7) is 0. The molecule has 1 amide bonds. The quantitative estimate of drug-likeness (QED) is 0.719. The molecule has 0 saturated heterocycles. The summed E-state index contributed by atoms with van der Waals surface area (Å²) in [4.78, 5) is 11.4. The Balaban J connectivity index is 1.79. The highest BCUT2D eigenvalue weighted by molar-refractivity contribution is 6.04. The molecule has 0 aliphatic rings. The van der Waals surface area contributed by atoms with Gasteiger partial charge in [0.25, 0.3) is 5.91 Å². The fourth-order valence-electron chi connectivity index (χ4n) is 2.90. The van der Waals surface area contributed by atoms with E-state index in [9.17, 15) is 4.79 Å². The van der Waals surface area contributed by atoms with Gasteiger partial charge in [-0.05, 0) is 42.5 Å². The van der Waals surface area contributed by atoms with E-state index in [2.05, 4.69) is 16.3 Å². The number of methoxy groups -OCH3 is 1. The van der Waals surface area contributed by atoms with E-state index in [-0.39, 0.29) is 11.4 Å². The highest BCUT2D eigenvalue weighted by Gasteiger charge is 2.14. The number of nitrogen functional groups attached to an aromatic ring is 1. The molecule has 0 saturated carbocycles. The lowest BCUT2D eigenvalue weighted by molar-refractivity contribution is 0.0996. The van der Waals surface area contributed by atoms with Crippen molar-refractivity contribution >= 4 is 22.5 Å². The second kappa shape index (κ2) is 7.17. The maximum absolute atomic E-state index is 11.4. The highest BCUT2D eigenvalue weighted by atomic mass is 16.5. The lowest BCUT2D eigenvalue weighted by atomic mass is 10.0. The van der Waals surface area contributed by atoms with Gasteiger partial charge in [0.05, 0.1) is 18.3 Å². The molecule has 6 nitrogen and oxygen atoms in total. The third-order valence-electron chi connectivity index (χ3n) is 4.19. The van der Waals surface area contributed by atoms with Gasteiger partial charge in [-0.15, -0.1) is 10.2 Å². The summed E-state index contributed by atoms with van der Waals surface area (Å²) in [5.74, 6) is 0.190. The number of fused-ring (bicyclic) bond motifs is 1. The van der Waals surface area contributed by atoms with Gasteiger partial charge in [-0.1, -0.05) is 30.3 Å². The Morgan fingerprint density at radius 3 is 2.68 bits per heavy atom. The van der Waals surface area contributed by atoms with Crippen LogP contribution in [0.3, 0.4) is 0 Å². The minimum atomic E-state index is -0.671. The molecule has 0 unspecified atom stereocenters. The van der Waals surface area contributed by atoms with Gasteiger partial charge in [0, 0.05) is 5.39 Å². The first kappa shape index (κ1) is 16.7. The Hall–Kier alpha value is -3.15. The van der Waals surface area contributed by atoms with Crippen molar-refractivity contribution in [2.45, 2.75) is 19.3 Å². The maximum Gasteiger partial charge on any atom is 0.271 e. The number of anilines is 1. The van der Waals surface area contributed by atoms with Gasteiger partial charge in [-0.3, -0.25) is 4.79 Å². The average molecular weight is 336 g/mol. The van der Waals surface area contributed by atoms with E-state index in [1.807, 2.05) is 36.4 Å². The van der Waals surface area contributed by atoms with Crippen LogP contribution in [-0.4, -0.2) is 23.2 Å². The van der Waals surface area contributed by atoms with Gasteiger partial charge in [0.15, 0.2) is 5.69 Å². The van der Waals surface area contributed by atoms with Crippen LogP contribution in [0.5, 0.6) is 5.75 Å². The standard InChI is InChI=1S/C19H20N4O2/c1-25-14-9-3-6-12(11-14)5-2-7-13-8-4-10-15-16(20)18(19(21)24)23-22-17(13)15/h3-4,6,8-11H,2,5,7H2,1H3,(H2,20,22)(H2,21,24). The zero-order valence-electron chi connectivity index (χ0n) is 14.0. The third-order valence-corrected chi connectivity index (χ3v) is 4.19. The molecular weight excluding hydrogens is 316 g/mol. The van der Waals surface area contributed by atoms with E-state index in [0.29, 0.717) is 5.39 Å². The summed E-state index contributed by atoms with van der Waals surface area (Å²) in [6.07, 6.45) is 2.71. The Labute approximate surface area is 145 Å². The van der Waals surface area contributed by atoms with Crippen LogP contribution in [0.2, 0.25) is 0 Å². The van der Waals surface area contributed by atoms with E-state index in [4.69, 9.17) is 16.2 Å². The van der Waals surface area contributed by atoms with Crippen molar-refractivity contribution in [1.82, 2.24) is 10.2 Å². The summed E-state index contributed by atoms with van der Waals surface area (Å²) in [5.41, 5.74) is 14.6. The first-order valence-electron chi connectivity index (χ1n) is 8.06. The summed E-state index contributed by atoms with van der Waals surface area (Å²) in [7, 11) is 1.67. The molecule has 0 aliphatic carbocycles. The number of benzene rings is 2. The molecule has 2 aromatic carbocycles. The lowest BCUT2D eigenvalue weighted by Gasteiger charge is -2.09. The number of hydrogen-bond donors (Lipinski definition) is 2. The highest BCUT2D eigenvalue weighted by Crippen LogP contribution is 2.25. The molecule has 0 radical (unpaired) electrons. The first-order valence-corrected chi connectivity index (χ1v) is 8.06. The zero-order valence-corrected chi connectivity index (χ0v) is 14.0. The molecule has 6 heteroatoms. The number of aryl methyl sites for hydroxylation is 2. The zero-order chi connectivity index (χ0) is 17.8. The SMILES string of the molecule is COc1cccc(CCCc2cccc3c(N)c(C(N)=O)nnc23)c1. The van der Waals surface area contributed by atoms with Crippen molar-refractivity contribution < 1.29 is 9.53 Å². The summed E-state index contributed by atoms with van der Waals surface area (Å²) in [6, 6.07) is 13.8. The normalized spacial score (nSPS) is 10.8. The summed E-state index contributed by atoms with van der Waals surface area (Å²) in [5, 5.41) is 8.77. The minimum Gasteiger partial charge on any atom is -0.497 e. The van der Waals surface area contributed by atoms with E-state index in [0.717, 1.165) is 36.1 Å². The van der Waals surface area contributed by atoms with Crippen LogP contribution in [0, 0.1) is 0 Å². The maximum atomic E-state index is 11.4. The van der Waals surface area contributed by atoms with Crippen LogP contribution in [0.4, 0.5) is 5.69 Å². The van der Waals surface area contributed by atoms with Gasteiger partial charge in [-0.25, -0.2) is 0 Å². The number of primary amides is 1. The molecule has 3 aromatic rings. The van der Waals surface area contributed by atoms with Crippen molar-refractivity contribution in [1.29, 1.82) is 0 Å². The van der Waals surface area contributed by atoms with Gasteiger partial charge in [0.2, 0.25) is 0 Å². The molecule has 0 atom stereocenters. The average Bonchev–Trinajstić information content (AvgIpc) is 2.62. The van der Waals surface area contributed by atoms with Crippen LogP contribution in [0.15, 0.2) is 42.5 Å². The summed E-state index contributed by atoms with van der Waals surface area (Å²) < 4.78 is 5.25. The van der Waals surface area contributed by atoms with E-state index < -0.39 is 5.91 Å². The van der Waals surface area contributed by atoms with Crippen LogP contribution in [-0.2, 0) is 12.8 Å². The topological polar surface area (TPSA) is 104 Å². The van der Waals surface area contributed by atoms with Gasteiger partial charge in [0.1, 0.15) is 5.75 Å². The molecule has 3 rings (SSSR count). The molecule has 0 fully saturated rings. The largest absolute Gasteiger partial charge is 0.497 e.